The average Bonchev–Trinajstić information content (AvgIpc) is 1.67. The Morgan fingerprint density at radius 3 is 2.25 bits per heavy atom. The molecule has 0 aromatic rings. The van der Waals surface area contributed by atoms with Gasteiger partial charge >= 0.3 is 10.3 Å². The van der Waals surface area contributed by atoms with E-state index in [4.69, 9.17) is 0 Å². The average molecular weight is 137 g/mol. The molecule has 0 spiro atoms. The standard InChI is InChI=1S/C3H7NO3S/c1-3-4-8(5,6)7-2/h3H,1-2H3. The van der Waals surface area contributed by atoms with Crippen molar-refractivity contribution in [3.8, 4) is 0 Å². The van der Waals surface area contributed by atoms with Crippen LogP contribution in [0.3, 0.4) is 0 Å². The quantitative estimate of drug-likeness (QED) is 0.502. The van der Waals surface area contributed by atoms with Crippen LogP contribution < -0.4 is 0 Å². The summed E-state index contributed by atoms with van der Waals surface area (Å²) in [4.78, 5) is 0. The molecular formula is C3H7NO3S. The van der Waals surface area contributed by atoms with Crippen LogP contribution in [0.2, 0.25) is 0 Å². The normalized spacial score (nSPS) is 12.8. The fourth-order valence-corrected chi connectivity index (χ4v) is 0.516. The first-order valence-corrected chi connectivity index (χ1v) is 3.29. The van der Waals surface area contributed by atoms with E-state index >= 15 is 0 Å². The highest BCUT2D eigenvalue weighted by molar-refractivity contribution is 7.85. The zero-order chi connectivity index (χ0) is 6.62. The summed E-state index contributed by atoms with van der Waals surface area (Å²) >= 11 is 0. The van der Waals surface area contributed by atoms with Crippen molar-refractivity contribution in [2.24, 2.45) is 4.40 Å². The Morgan fingerprint density at radius 2 is 2.12 bits per heavy atom. The van der Waals surface area contributed by atoms with E-state index in [1.807, 2.05) is 0 Å². The first-order chi connectivity index (χ1) is 3.62. The summed E-state index contributed by atoms with van der Waals surface area (Å²) in [6, 6.07) is 0. The van der Waals surface area contributed by atoms with E-state index < -0.39 is 10.3 Å². The Kier molecular flexibility index (Phi) is 2.64. The van der Waals surface area contributed by atoms with Gasteiger partial charge in [0.15, 0.2) is 0 Å². The number of rotatable bonds is 2. The van der Waals surface area contributed by atoms with Gasteiger partial charge in [-0.25, -0.2) is 0 Å². The maximum Gasteiger partial charge on any atom is 0.380 e. The highest BCUT2D eigenvalue weighted by Crippen LogP contribution is 1.87. The van der Waals surface area contributed by atoms with E-state index in [1.54, 1.807) is 0 Å². The molecule has 0 saturated carbocycles. The minimum Gasteiger partial charge on any atom is -0.256 e. The van der Waals surface area contributed by atoms with Gasteiger partial charge in [-0.05, 0) is 6.92 Å². The Hall–Kier alpha value is -0.420. The molecule has 0 aliphatic carbocycles. The lowest BCUT2D eigenvalue weighted by atomic mass is 10.9. The molecule has 0 aromatic heterocycles. The molecule has 0 aromatic carbocycles. The van der Waals surface area contributed by atoms with Gasteiger partial charge in [-0.15, -0.1) is 0 Å². The second-order valence-corrected chi connectivity index (χ2v) is 2.36. The summed E-state index contributed by atoms with van der Waals surface area (Å²) in [5.41, 5.74) is 0. The summed E-state index contributed by atoms with van der Waals surface area (Å²) in [5.74, 6) is 0. The molecule has 0 amide bonds. The summed E-state index contributed by atoms with van der Waals surface area (Å²) in [5, 5.41) is 0. The fourth-order valence-electron chi connectivity index (χ4n) is 0.172. The summed E-state index contributed by atoms with van der Waals surface area (Å²) in [6.07, 6.45) is 1.15. The third-order valence-corrected chi connectivity index (χ3v) is 1.34. The highest BCUT2D eigenvalue weighted by Gasteiger charge is 1.99. The van der Waals surface area contributed by atoms with Crippen LogP contribution in [0.15, 0.2) is 4.40 Å². The Bertz CT molecular complexity index is 169. The number of hydrogen-bond acceptors (Lipinski definition) is 3. The van der Waals surface area contributed by atoms with E-state index in [9.17, 15) is 8.42 Å². The molecule has 0 saturated heterocycles. The molecule has 0 radical (unpaired) electrons. The molecule has 0 aliphatic heterocycles. The molecule has 0 heterocycles. The smallest absolute Gasteiger partial charge is 0.256 e. The van der Waals surface area contributed by atoms with E-state index in [0.717, 1.165) is 13.3 Å². The van der Waals surface area contributed by atoms with Crippen LogP contribution in [0.4, 0.5) is 0 Å². The zero-order valence-corrected chi connectivity index (χ0v) is 5.47. The second-order valence-electron chi connectivity index (χ2n) is 0.958. The predicted molar refractivity (Wildman–Crippen MR) is 30.1 cm³/mol. The predicted octanol–water partition coefficient (Wildman–Crippen LogP) is -0.0317. The summed E-state index contributed by atoms with van der Waals surface area (Å²) in [7, 11) is -2.54. The largest absolute Gasteiger partial charge is 0.380 e. The molecular weight excluding hydrogens is 130 g/mol. The van der Waals surface area contributed by atoms with Crippen molar-refractivity contribution < 1.29 is 12.6 Å². The van der Waals surface area contributed by atoms with E-state index in [2.05, 4.69) is 8.58 Å². The third-order valence-electron chi connectivity index (χ3n) is 0.445. The van der Waals surface area contributed by atoms with Gasteiger partial charge in [-0.3, -0.25) is 4.18 Å². The summed E-state index contributed by atoms with van der Waals surface area (Å²) in [6.45, 7) is 1.50. The molecule has 0 aliphatic rings. The number of hydrogen-bond donors (Lipinski definition) is 0. The molecule has 0 N–H and O–H groups in total. The number of nitrogens with zero attached hydrogens (tertiary/aromatic N) is 1. The van der Waals surface area contributed by atoms with Gasteiger partial charge < -0.3 is 0 Å². The van der Waals surface area contributed by atoms with Crippen LogP contribution in [-0.2, 0) is 14.5 Å². The van der Waals surface area contributed by atoms with Crippen molar-refractivity contribution >= 4 is 16.5 Å². The first kappa shape index (κ1) is 7.58. The zero-order valence-electron chi connectivity index (χ0n) is 4.66. The van der Waals surface area contributed by atoms with E-state index in [-0.39, 0.29) is 0 Å². The lowest BCUT2D eigenvalue weighted by molar-refractivity contribution is 0.399. The van der Waals surface area contributed by atoms with Crippen molar-refractivity contribution in [3.05, 3.63) is 0 Å². The molecule has 5 heteroatoms. The van der Waals surface area contributed by atoms with Crippen molar-refractivity contribution in [2.75, 3.05) is 7.11 Å². The van der Waals surface area contributed by atoms with Gasteiger partial charge in [-0.1, -0.05) is 0 Å². The lowest BCUT2D eigenvalue weighted by Crippen LogP contribution is -1.96. The monoisotopic (exact) mass is 137 g/mol. The molecule has 4 nitrogen and oxygen atoms in total. The van der Waals surface area contributed by atoms with E-state index in [1.165, 1.54) is 6.92 Å². The topological polar surface area (TPSA) is 55.7 Å². The van der Waals surface area contributed by atoms with Gasteiger partial charge in [0.05, 0.1) is 7.11 Å². The molecule has 0 fully saturated rings. The van der Waals surface area contributed by atoms with Gasteiger partial charge in [0.1, 0.15) is 0 Å². The van der Waals surface area contributed by atoms with Crippen LogP contribution >= 0.6 is 0 Å². The third kappa shape index (κ3) is 2.70. The van der Waals surface area contributed by atoms with Crippen LogP contribution in [0.5, 0.6) is 0 Å². The summed E-state index contributed by atoms with van der Waals surface area (Å²) < 4.78 is 27.3. The van der Waals surface area contributed by atoms with Gasteiger partial charge in [0.25, 0.3) is 0 Å². The molecule has 0 atom stereocenters. The first-order valence-electron chi connectivity index (χ1n) is 1.93. The minimum atomic E-state index is -3.60. The van der Waals surface area contributed by atoms with Crippen molar-refractivity contribution in [2.45, 2.75) is 6.92 Å². The molecule has 0 rings (SSSR count). The Morgan fingerprint density at radius 1 is 1.62 bits per heavy atom. The SMILES string of the molecule is CC=NS(=O)(=O)OC. The Balaban J connectivity index is 4.17. The van der Waals surface area contributed by atoms with Crippen molar-refractivity contribution in [1.29, 1.82) is 0 Å². The fraction of sp³-hybridized carbons (Fsp3) is 0.667. The van der Waals surface area contributed by atoms with Gasteiger partial charge in [-0.2, -0.15) is 12.8 Å². The maximum absolute atomic E-state index is 10.2. The molecule has 8 heavy (non-hydrogen) atoms. The maximum atomic E-state index is 10.2. The minimum absolute atomic E-state index is 1.06. The molecule has 48 valence electrons. The second kappa shape index (κ2) is 2.78. The van der Waals surface area contributed by atoms with Crippen LogP contribution in [0.25, 0.3) is 0 Å². The van der Waals surface area contributed by atoms with Gasteiger partial charge in [0.2, 0.25) is 0 Å². The van der Waals surface area contributed by atoms with E-state index in [0.29, 0.717) is 0 Å². The van der Waals surface area contributed by atoms with Crippen LogP contribution in [-0.4, -0.2) is 21.7 Å². The van der Waals surface area contributed by atoms with Crippen LogP contribution in [0, 0.1) is 0 Å². The molecule has 0 unspecified atom stereocenters. The van der Waals surface area contributed by atoms with Gasteiger partial charge in [0, 0.05) is 6.21 Å². The highest BCUT2D eigenvalue weighted by atomic mass is 32.2. The van der Waals surface area contributed by atoms with Crippen molar-refractivity contribution in [1.82, 2.24) is 0 Å². The Labute approximate surface area is 48.4 Å². The van der Waals surface area contributed by atoms with Crippen LogP contribution in [0.1, 0.15) is 6.92 Å². The lowest BCUT2D eigenvalue weighted by Gasteiger charge is -1.87. The molecule has 0 bridgehead atoms. The van der Waals surface area contributed by atoms with Crippen molar-refractivity contribution in [3.63, 3.8) is 0 Å².